The average molecular weight is 236 g/mol. The Morgan fingerprint density at radius 1 is 1.65 bits per heavy atom. The van der Waals surface area contributed by atoms with E-state index in [0.29, 0.717) is 19.0 Å². The molecular weight excluding hydrogens is 216 g/mol. The molecule has 5 heteroatoms. The number of rotatable bonds is 6. The predicted molar refractivity (Wildman–Crippen MR) is 65.3 cm³/mol. The van der Waals surface area contributed by atoms with Gasteiger partial charge in [-0.1, -0.05) is 0 Å². The van der Waals surface area contributed by atoms with Crippen molar-refractivity contribution >= 4 is 5.91 Å². The summed E-state index contributed by atoms with van der Waals surface area (Å²) in [6, 6.07) is 0.669. The third-order valence-corrected chi connectivity index (χ3v) is 3.07. The van der Waals surface area contributed by atoms with Crippen molar-refractivity contribution in [3.8, 4) is 0 Å². The van der Waals surface area contributed by atoms with Gasteiger partial charge in [0.15, 0.2) is 0 Å². The van der Waals surface area contributed by atoms with Crippen molar-refractivity contribution in [1.82, 2.24) is 19.8 Å². The second-order valence-corrected chi connectivity index (χ2v) is 4.68. The maximum atomic E-state index is 11.8. The van der Waals surface area contributed by atoms with E-state index in [1.165, 1.54) is 12.8 Å². The van der Waals surface area contributed by atoms with Gasteiger partial charge in [0.1, 0.15) is 5.82 Å². The van der Waals surface area contributed by atoms with Crippen LogP contribution in [-0.4, -0.2) is 40.0 Å². The highest BCUT2D eigenvalue weighted by molar-refractivity contribution is 5.75. The molecule has 0 aromatic carbocycles. The van der Waals surface area contributed by atoms with Gasteiger partial charge < -0.3 is 14.8 Å². The summed E-state index contributed by atoms with van der Waals surface area (Å²) in [4.78, 5) is 17.8. The van der Waals surface area contributed by atoms with E-state index in [-0.39, 0.29) is 5.91 Å². The number of carbonyl (C=O) groups excluding carboxylic acids is 1. The Morgan fingerprint density at radius 3 is 3.00 bits per heavy atom. The molecule has 5 nitrogen and oxygen atoms in total. The molecule has 1 aromatic rings. The van der Waals surface area contributed by atoms with E-state index >= 15 is 0 Å². The van der Waals surface area contributed by atoms with Crippen LogP contribution in [-0.2, 0) is 18.4 Å². The van der Waals surface area contributed by atoms with Gasteiger partial charge in [0, 0.05) is 45.5 Å². The number of nitrogens with zero attached hydrogens (tertiary/aromatic N) is 3. The van der Waals surface area contributed by atoms with Gasteiger partial charge in [0.2, 0.25) is 5.91 Å². The summed E-state index contributed by atoms with van der Waals surface area (Å²) < 4.78 is 1.94. The number of aromatic nitrogens is 2. The number of imidazole rings is 1. The lowest BCUT2D eigenvalue weighted by Crippen LogP contribution is -2.30. The summed E-state index contributed by atoms with van der Waals surface area (Å²) in [5.74, 6) is 1.08. The van der Waals surface area contributed by atoms with Crippen molar-refractivity contribution in [2.45, 2.75) is 31.8 Å². The first-order chi connectivity index (χ1) is 8.16. The van der Waals surface area contributed by atoms with E-state index in [2.05, 4.69) is 10.3 Å². The van der Waals surface area contributed by atoms with Gasteiger partial charge in [-0.15, -0.1) is 0 Å². The van der Waals surface area contributed by atoms with Crippen LogP contribution in [0.4, 0.5) is 0 Å². The molecule has 1 amide bonds. The van der Waals surface area contributed by atoms with Gasteiger partial charge in [-0.2, -0.15) is 0 Å². The molecule has 94 valence electrons. The van der Waals surface area contributed by atoms with Crippen molar-refractivity contribution in [3.05, 3.63) is 18.2 Å². The molecule has 0 spiro atoms. The van der Waals surface area contributed by atoms with Crippen molar-refractivity contribution < 1.29 is 4.79 Å². The zero-order valence-electron chi connectivity index (χ0n) is 10.5. The molecule has 1 N–H and O–H groups in total. The lowest BCUT2D eigenvalue weighted by atomic mass is 10.3. The van der Waals surface area contributed by atoms with Gasteiger partial charge in [0.25, 0.3) is 0 Å². The molecule has 0 radical (unpaired) electrons. The van der Waals surface area contributed by atoms with Gasteiger partial charge in [-0.05, 0) is 12.8 Å². The first-order valence-corrected chi connectivity index (χ1v) is 6.10. The average Bonchev–Trinajstić information content (AvgIpc) is 3.04. The van der Waals surface area contributed by atoms with Crippen LogP contribution < -0.4 is 5.32 Å². The van der Waals surface area contributed by atoms with Crippen LogP contribution in [0.25, 0.3) is 0 Å². The Bertz CT molecular complexity index is 384. The van der Waals surface area contributed by atoms with Crippen molar-refractivity contribution in [2.75, 3.05) is 13.6 Å². The van der Waals surface area contributed by atoms with Crippen LogP contribution in [0.3, 0.4) is 0 Å². The first kappa shape index (κ1) is 12.1. The molecule has 0 aliphatic heterocycles. The normalized spacial score (nSPS) is 14.9. The first-order valence-electron chi connectivity index (χ1n) is 6.10. The third kappa shape index (κ3) is 3.56. The predicted octanol–water partition coefficient (Wildman–Crippen LogP) is 0.521. The molecule has 0 unspecified atom stereocenters. The zero-order chi connectivity index (χ0) is 12.3. The van der Waals surface area contributed by atoms with Gasteiger partial charge in [0.05, 0.1) is 6.54 Å². The fourth-order valence-electron chi connectivity index (χ4n) is 1.71. The molecule has 1 aliphatic rings. The SMILES string of the molecule is CN(Cc1nccn1C)C(=O)CCNC1CC1. The lowest BCUT2D eigenvalue weighted by molar-refractivity contribution is -0.130. The zero-order valence-corrected chi connectivity index (χ0v) is 10.5. The van der Waals surface area contributed by atoms with E-state index < -0.39 is 0 Å². The van der Waals surface area contributed by atoms with Gasteiger partial charge in [-0.3, -0.25) is 4.79 Å². The van der Waals surface area contributed by atoms with Gasteiger partial charge in [-0.25, -0.2) is 4.98 Å². The lowest BCUT2D eigenvalue weighted by Gasteiger charge is -2.17. The quantitative estimate of drug-likeness (QED) is 0.783. The Hall–Kier alpha value is -1.36. The maximum Gasteiger partial charge on any atom is 0.223 e. The molecule has 0 atom stereocenters. The molecule has 1 saturated carbocycles. The maximum absolute atomic E-state index is 11.8. The highest BCUT2D eigenvalue weighted by Gasteiger charge is 2.20. The van der Waals surface area contributed by atoms with Crippen molar-refractivity contribution in [2.24, 2.45) is 7.05 Å². The molecular formula is C12H20N4O. The summed E-state index contributed by atoms with van der Waals surface area (Å²) in [5, 5.41) is 3.34. The van der Waals surface area contributed by atoms with E-state index in [9.17, 15) is 4.79 Å². The summed E-state index contributed by atoms with van der Waals surface area (Å²) in [6.45, 7) is 1.36. The minimum Gasteiger partial charge on any atom is -0.338 e. The van der Waals surface area contributed by atoms with E-state index in [0.717, 1.165) is 12.4 Å². The van der Waals surface area contributed by atoms with Crippen LogP contribution >= 0.6 is 0 Å². The van der Waals surface area contributed by atoms with E-state index in [4.69, 9.17) is 0 Å². The summed E-state index contributed by atoms with van der Waals surface area (Å²) >= 11 is 0. The minimum atomic E-state index is 0.168. The van der Waals surface area contributed by atoms with Crippen molar-refractivity contribution in [3.63, 3.8) is 0 Å². The molecule has 1 fully saturated rings. The van der Waals surface area contributed by atoms with Crippen LogP contribution in [0.15, 0.2) is 12.4 Å². The van der Waals surface area contributed by atoms with Crippen LogP contribution in [0.2, 0.25) is 0 Å². The highest BCUT2D eigenvalue weighted by Crippen LogP contribution is 2.18. The molecule has 1 heterocycles. The summed E-state index contributed by atoms with van der Waals surface area (Å²) in [5.41, 5.74) is 0. The number of amides is 1. The fourth-order valence-corrected chi connectivity index (χ4v) is 1.71. The monoisotopic (exact) mass is 236 g/mol. The molecule has 0 bridgehead atoms. The number of nitrogens with one attached hydrogen (secondary N) is 1. The Morgan fingerprint density at radius 2 is 2.41 bits per heavy atom. The highest BCUT2D eigenvalue weighted by atomic mass is 16.2. The van der Waals surface area contributed by atoms with Crippen LogP contribution in [0.5, 0.6) is 0 Å². The standard InChI is InChI=1S/C12H20N4O/c1-15-8-7-14-11(15)9-16(2)12(17)5-6-13-10-3-4-10/h7-8,10,13H,3-6,9H2,1-2H3. The topological polar surface area (TPSA) is 50.2 Å². The summed E-state index contributed by atoms with van der Waals surface area (Å²) in [7, 11) is 3.77. The van der Waals surface area contributed by atoms with Crippen LogP contribution in [0, 0.1) is 0 Å². The number of aryl methyl sites for hydroxylation is 1. The molecule has 1 aliphatic carbocycles. The summed E-state index contributed by atoms with van der Waals surface area (Å²) in [6.07, 6.45) is 6.73. The van der Waals surface area contributed by atoms with Crippen molar-refractivity contribution in [1.29, 1.82) is 0 Å². The van der Waals surface area contributed by atoms with Crippen LogP contribution in [0.1, 0.15) is 25.1 Å². The molecule has 17 heavy (non-hydrogen) atoms. The minimum absolute atomic E-state index is 0.168. The smallest absolute Gasteiger partial charge is 0.223 e. The Kier molecular flexibility index (Phi) is 3.78. The van der Waals surface area contributed by atoms with E-state index in [1.807, 2.05) is 24.9 Å². The largest absolute Gasteiger partial charge is 0.338 e. The van der Waals surface area contributed by atoms with E-state index in [1.54, 1.807) is 11.1 Å². The Balaban J connectivity index is 1.72. The Labute approximate surface area is 102 Å². The molecule has 1 aromatic heterocycles. The van der Waals surface area contributed by atoms with Gasteiger partial charge >= 0.3 is 0 Å². The molecule has 0 saturated heterocycles. The second kappa shape index (κ2) is 5.31. The fraction of sp³-hybridized carbons (Fsp3) is 0.667. The number of hydrogen-bond acceptors (Lipinski definition) is 3. The number of hydrogen-bond donors (Lipinski definition) is 1. The molecule has 2 rings (SSSR count). The number of carbonyl (C=O) groups is 1. The third-order valence-electron chi connectivity index (χ3n) is 3.07. The second-order valence-electron chi connectivity index (χ2n) is 4.68.